The fourth-order valence-corrected chi connectivity index (χ4v) is 5.59. The van der Waals surface area contributed by atoms with Crippen molar-refractivity contribution in [3.05, 3.63) is 0 Å². The van der Waals surface area contributed by atoms with Gasteiger partial charge in [-0.25, -0.2) is 4.79 Å². The minimum absolute atomic E-state index is 0.0305. The lowest BCUT2D eigenvalue weighted by Gasteiger charge is -2.35. The van der Waals surface area contributed by atoms with E-state index in [0.717, 1.165) is 45.3 Å². The first-order valence-corrected chi connectivity index (χ1v) is 10.8. The number of amides is 2. The standard InChI is InChI=1S/C16H34N2O4Si/c1-5-12-20-23(21-13-6-2,22-14-7-3)15(4)8-10-18-11-9-17-16(18)19/h15H,5-14H2,1-4H3,(H,17,19). The van der Waals surface area contributed by atoms with E-state index in [0.29, 0.717) is 19.8 Å². The van der Waals surface area contributed by atoms with Gasteiger partial charge in [0.1, 0.15) is 0 Å². The van der Waals surface area contributed by atoms with E-state index in [2.05, 4.69) is 33.0 Å². The molecule has 1 N–H and O–H groups in total. The van der Waals surface area contributed by atoms with Gasteiger partial charge >= 0.3 is 14.8 Å². The van der Waals surface area contributed by atoms with E-state index in [4.69, 9.17) is 13.3 Å². The summed E-state index contributed by atoms with van der Waals surface area (Å²) >= 11 is 0. The third-order valence-electron chi connectivity index (χ3n) is 3.90. The number of rotatable bonds is 13. The molecule has 0 bridgehead atoms. The molecule has 1 atom stereocenters. The largest absolute Gasteiger partial charge is 0.504 e. The van der Waals surface area contributed by atoms with Crippen molar-refractivity contribution in [1.82, 2.24) is 10.2 Å². The molecule has 7 heteroatoms. The second kappa shape index (κ2) is 11.0. The average Bonchev–Trinajstić information content (AvgIpc) is 2.97. The number of nitrogens with zero attached hydrogens (tertiary/aromatic N) is 1. The molecule has 0 aromatic carbocycles. The molecule has 6 nitrogen and oxygen atoms in total. The number of hydrogen-bond acceptors (Lipinski definition) is 4. The van der Waals surface area contributed by atoms with Crippen molar-refractivity contribution in [3.8, 4) is 0 Å². The third kappa shape index (κ3) is 6.41. The van der Waals surface area contributed by atoms with E-state index >= 15 is 0 Å². The monoisotopic (exact) mass is 346 g/mol. The summed E-state index contributed by atoms with van der Waals surface area (Å²) in [7, 11) is -2.71. The van der Waals surface area contributed by atoms with Crippen molar-refractivity contribution >= 4 is 14.8 Å². The van der Waals surface area contributed by atoms with Gasteiger partial charge in [0.2, 0.25) is 0 Å². The fourth-order valence-electron chi connectivity index (χ4n) is 2.54. The minimum Gasteiger partial charge on any atom is -0.373 e. The predicted molar refractivity (Wildman–Crippen MR) is 93.5 cm³/mol. The molecule has 23 heavy (non-hydrogen) atoms. The highest BCUT2D eigenvalue weighted by Gasteiger charge is 2.47. The molecule has 1 saturated heterocycles. The van der Waals surface area contributed by atoms with Gasteiger partial charge in [0.25, 0.3) is 0 Å². The number of carbonyl (C=O) groups excluding carboxylic acids is 1. The van der Waals surface area contributed by atoms with E-state index in [1.165, 1.54) is 0 Å². The highest BCUT2D eigenvalue weighted by atomic mass is 28.4. The van der Waals surface area contributed by atoms with Crippen molar-refractivity contribution < 1.29 is 18.1 Å². The van der Waals surface area contributed by atoms with Crippen LogP contribution in [0.4, 0.5) is 4.79 Å². The fraction of sp³-hybridized carbons (Fsp3) is 0.938. The van der Waals surface area contributed by atoms with E-state index in [1.807, 2.05) is 4.90 Å². The van der Waals surface area contributed by atoms with Gasteiger partial charge in [0.05, 0.1) is 0 Å². The maximum atomic E-state index is 11.7. The van der Waals surface area contributed by atoms with Crippen LogP contribution in [0.2, 0.25) is 5.54 Å². The van der Waals surface area contributed by atoms with Gasteiger partial charge in [0, 0.05) is 45.0 Å². The highest BCUT2D eigenvalue weighted by molar-refractivity contribution is 6.62. The van der Waals surface area contributed by atoms with Crippen molar-refractivity contribution in [2.75, 3.05) is 39.5 Å². The molecule has 2 amide bonds. The molecule has 0 saturated carbocycles. The van der Waals surface area contributed by atoms with Gasteiger partial charge in [-0.1, -0.05) is 27.7 Å². The molecule has 0 aliphatic carbocycles. The quantitative estimate of drug-likeness (QED) is 0.521. The first-order chi connectivity index (χ1) is 11.1. The molecule has 0 radical (unpaired) electrons. The zero-order valence-electron chi connectivity index (χ0n) is 15.2. The topological polar surface area (TPSA) is 60.0 Å². The Morgan fingerprint density at radius 1 is 1.09 bits per heavy atom. The minimum atomic E-state index is -2.71. The molecule has 1 rings (SSSR count). The zero-order valence-corrected chi connectivity index (χ0v) is 16.2. The summed E-state index contributed by atoms with van der Waals surface area (Å²) in [6, 6.07) is 0.0305. The van der Waals surface area contributed by atoms with Crippen molar-refractivity contribution in [2.24, 2.45) is 0 Å². The van der Waals surface area contributed by atoms with Crippen LogP contribution >= 0.6 is 0 Å². The molecule has 1 heterocycles. The second-order valence-electron chi connectivity index (χ2n) is 6.06. The Kier molecular flexibility index (Phi) is 9.77. The van der Waals surface area contributed by atoms with Gasteiger partial charge in [-0.3, -0.25) is 0 Å². The van der Waals surface area contributed by atoms with E-state index < -0.39 is 8.80 Å². The molecule has 136 valence electrons. The van der Waals surface area contributed by atoms with Gasteiger partial charge in [-0.05, 0) is 25.7 Å². The van der Waals surface area contributed by atoms with Gasteiger partial charge in [0.15, 0.2) is 0 Å². The van der Waals surface area contributed by atoms with Crippen LogP contribution in [-0.2, 0) is 13.3 Å². The van der Waals surface area contributed by atoms with Crippen molar-refractivity contribution in [2.45, 2.75) is 58.9 Å². The molecule has 0 spiro atoms. The molecule has 1 unspecified atom stereocenters. The Bertz CT molecular complexity index is 322. The normalized spacial score (nSPS) is 16.7. The van der Waals surface area contributed by atoms with Crippen LogP contribution in [0, 0.1) is 0 Å². The van der Waals surface area contributed by atoms with Crippen molar-refractivity contribution in [1.29, 1.82) is 0 Å². The Morgan fingerprint density at radius 2 is 1.61 bits per heavy atom. The first-order valence-electron chi connectivity index (χ1n) is 9.04. The average molecular weight is 347 g/mol. The lowest BCUT2D eigenvalue weighted by atomic mass is 10.3. The molecule has 1 aliphatic heterocycles. The van der Waals surface area contributed by atoms with Gasteiger partial charge in [-0.15, -0.1) is 0 Å². The summed E-state index contributed by atoms with van der Waals surface area (Å²) in [6.07, 6.45) is 3.68. The summed E-state index contributed by atoms with van der Waals surface area (Å²) in [5, 5.41) is 2.84. The van der Waals surface area contributed by atoms with Crippen LogP contribution in [-0.4, -0.2) is 59.2 Å². The maximum Gasteiger partial charge on any atom is 0.504 e. The Morgan fingerprint density at radius 3 is 2.00 bits per heavy atom. The number of urea groups is 1. The molecule has 1 aliphatic rings. The van der Waals surface area contributed by atoms with Crippen LogP contribution in [0.25, 0.3) is 0 Å². The Balaban J connectivity index is 2.69. The second-order valence-corrected chi connectivity index (χ2v) is 9.12. The van der Waals surface area contributed by atoms with Crippen LogP contribution in [0.3, 0.4) is 0 Å². The maximum absolute atomic E-state index is 11.7. The van der Waals surface area contributed by atoms with Crippen LogP contribution in [0.15, 0.2) is 0 Å². The van der Waals surface area contributed by atoms with Crippen LogP contribution in [0.5, 0.6) is 0 Å². The first kappa shape index (κ1) is 20.4. The number of hydrogen-bond donors (Lipinski definition) is 1. The summed E-state index contributed by atoms with van der Waals surface area (Å²) in [5.41, 5.74) is 0.181. The van der Waals surface area contributed by atoms with Crippen LogP contribution < -0.4 is 5.32 Å². The summed E-state index contributed by atoms with van der Waals surface area (Å²) in [4.78, 5) is 13.5. The molecule has 0 aromatic heterocycles. The highest BCUT2D eigenvalue weighted by Crippen LogP contribution is 2.30. The molecular weight excluding hydrogens is 312 g/mol. The van der Waals surface area contributed by atoms with E-state index in [1.54, 1.807) is 0 Å². The van der Waals surface area contributed by atoms with Crippen LogP contribution in [0.1, 0.15) is 53.4 Å². The summed E-state index contributed by atoms with van der Waals surface area (Å²) in [6.45, 7) is 12.6. The Hall–Kier alpha value is -0.633. The van der Waals surface area contributed by atoms with Gasteiger partial charge < -0.3 is 23.5 Å². The van der Waals surface area contributed by atoms with E-state index in [-0.39, 0.29) is 11.6 Å². The SMILES string of the molecule is CCCO[Si](OCCC)(OCCC)C(C)CCN1CCNC1=O. The zero-order chi connectivity index (χ0) is 17.1. The summed E-state index contributed by atoms with van der Waals surface area (Å²) < 4.78 is 18.5. The summed E-state index contributed by atoms with van der Waals surface area (Å²) in [5.74, 6) is 0. The van der Waals surface area contributed by atoms with Crippen molar-refractivity contribution in [3.63, 3.8) is 0 Å². The Labute approximate surface area is 142 Å². The predicted octanol–water partition coefficient (Wildman–Crippen LogP) is 3.01. The lowest BCUT2D eigenvalue weighted by molar-refractivity contribution is 0.0493. The molecule has 1 fully saturated rings. The number of carbonyl (C=O) groups is 1. The smallest absolute Gasteiger partial charge is 0.373 e. The van der Waals surface area contributed by atoms with Gasteiger partial charge in [-0.2, -0.15) is 0 Å². The number of nitrogens with one attached hydrogen (secondary N) is 1. The molecular formula is C16H34N2O4Si. The van der Waals surface area contributed by atoms with E-state index in [9.17, 15) is 4.79 Å². The molecule has 0 aromatic rings. The lowest BCUT2D eigenvalue weighted by Crippen LogP contribution is -2.51. The third-order valence-corrected chi connectivity index (χ3v) is 7.22.